The van der Waals surface area contributed by atoms with Crippen molar-refractivity contribution in [2.45, 2.75) is 60.9 Å². The van der Waals surface area contributed by atoms with Gasteiger partial charge in [-0.1, -0.05) is 76.6 Å². The van der Waals surface area contributed by atoms with Crippen molar-refractivity contribution in [2.75, 3.05) is 18.9 Å². The zero-order valence-corrected chi connectivity index (χ0v) is 26.5. The highest BCUT2D eigenvalue weighted by atomic mass is 16.1. The van der Waals surface area contributed by atoms with Crippen molar-refractivity contribution in [3.05, 3.63) is 96.7 Å². The van der Waals surface area contributed by atoms with Crippen LogP contribution in [0, 0.1) is 11.3 Å². The standard InChI is InChI=1S/C17H16N4O.C7H10N4.C4H8.C3H8.C2H6/c1-21-12-15(11-19-21)14-7-8-16(18-10-14)20-17(22)9-13-5-3-2-4-6-13;1-9-2-3-11-6-7(4-8)5-10-11;1-3-4-2;1-3-2;1-2/h2-8,10-12H,9H2,1H3,(H,18,20,22);5-6,9H,2-3H2,1H3;3-4H,1-2H3;3H2,1-2H3;1-2H3/b;;4-3-;;. The maximum absolute atomic E-state index is 12.0. The Bertz CT molecular complexity index is 1280. The molecule has 1 aromatic carbocycles. The van der Waals surface area contributed by atoms with Crippen LogP contribution in [0.15, 0.2) is 85.6 Å². The lowest BCUT2D eigenvalue weighted by atomic mass is 10.1. The van der Waals surface area contributed by atoms with E-state index in [-0.39, 0.29) is 5.91 Å². The third-order valence-corrected chi connectivity index (χ3v) is 4.96. The van der Waals surface area contributed by atoms with E-state index in [0.29, 0.717) is 17.8 Å². The van der Waals surface area contributed by atoms with Crippen LogP contribution in [0.25, 0.3) is 11.1 Å². The molecule has 0 aliphatic heterocycles. The number of aromatic nitrogens is 5. The van der Waals surface area contributed by atoms with Crippen LogP contribution in [0.4, 0.5) is 5.82 Å². The highest BCUT2D eigenvalue weighted by Gasteiger charge is 2.06. The van der Waals surface area contributed by atoms with Gasteiger partial charge in [0.05, 0.1) is 30.9 Å². The molecule has 0 aliphatic carbocycles. The van der Waals surface area contributed by atoms with Gasteiger partial charge in [0.2, 0.25) is 5.91 Å². The highest BCUT2D eigenvalue weighted by molar-refractivity contribution is 5.91. The number of hydrogen-bond donors (Lipinski definition) is 2. The highest BCUT2D eigenvalue weighted by Crippen LogP contribution is 2.18. The molecule has 226 valence electrons. The topological polar surface area (TPSA) is 113 Å². The summed E-state index contributed by atoms with van der Waals surface area (Å²) in [6, 6.07) is 15.4. The third kappa shape index (κ3) is 16.5. The fraction of sp³-hybridized carbons (Fsp3) is 0.364. The van der Waals surface area contributed by atoms with Crippen molar-refractivity contribution in [1.29, 1.82) is 5.26 Å². The molecule has 0 unspecified atom stereocenters. The number of aryl methyl sites for hydroxylation is 1. The summed E-state index contributed by atoms with van der Waals surface area (Å²) in [7, 11) is 3.75. The number of hydrogen-bond acceptors (Lipinski definition) is 6. The molecular formula is C33H48N8O. The van der Waals surface area contributed by atoms with Crippen LogP contribution in [-0.2, 0) is 24.8 Å². The molecule has 0 bridgehead atoms. The fourth-order valence-electron chi connectivity index (χ4n) is 2.95. The van der Waals surface area contributed by atoms with Gasteiger partial charge in [0.25, 0.3) is 0 Å². The molecule has 0 spiro atoms. The monoisotopic (exact) mass is 572 g/mol. The molecule has 0 saturated carbocycles. The molecular weight excluding hydrogens is 524 g/mol. The van der Waals surface area contributed by atoms with Crippen LogP contribution in [0.5, 0.6) is 0 Å². The first-order chi connectivity index (χ1) is 20.4. The number of likely N-dealkylation sites (N-methyl/N-ethyl adjacent to an activating group) is 1. The minimum absolute atomic E-state index is 0.0761. The Morgan fingerprint density at radius 2 is 1.62 bits per heavy atom. The molecule has 4 rings (SSSR count). The molecule has 3 heterocycles. The summed E-state index contributed by atoms with van der Waals surface area (Å²) in [6.45, 7) is 13.9. The average Bonchev–Trinajstić information content (AvgIpc) is 3.67. The number of amides is 1. The summed E-state index contributed by atoms with van der Waals surface area (Å²) in [6.07, 6.45) is 14.3. The van der Waals surface area contributed by atoms with Crippen molar-refractivity contribution < 1.29 is 4.79 Å². The first-order valence-corrected chi connectivity index (χ1v) is 14.3. The lowest BCUT2D eigenvalue weighted by Crippen LogP contribution is -2.15. The van der Waals surface area contributed by atoms with Crippen LogP contribution in [0.1, 0.15) is 59.1 Å². The van der Waals surface area contributed by atoms with E-state index in [1.807, 2.05) is 103 Å². The Hall–Kier alpha value is -4.55. The molecule has 9 heteroatoms. The van der Waals surface area contributed by atoms with E-state index in [4.69, 9.17) is 5.26 Å². The number of allylic oxidation sites excluding steroid dienone is 2. The van der Waals surface area contributed by atoms with Crippen LogP contribution in [0.2, 0.25) is 0 Å². The van der Waals surface area contributed by atoms with Gasteiger partial charge in [-0.2, -0.15) is 15.5 Å². The molecule has 0 saturated heterocycles. The minimum Gasteiger partial charge on any atom is -0.318 e. The summed E-state index contributed by atoms with van der Waals surface area (Å²) in [5.74, 6) is 0.474. The summed E-state index contributed by atoms with van der Waals surface area (Å²) >= 11 is 0. The largest absolute Gasteiger partial charge is 0.318 e. The summed E-state index contributed by atoms with van der Waals surface area (Å²) in [5, 5.41) is 22.4. The van der Waals surface area contributed by atoms with Crippen molar-refractivity contribution in [3.63, 3.8) is 0 Å². The molecule has 0 atom stereocenters. The van der Waals surface area contributed by atoms with Gasteiger partial charge in [0.1, 0.15) is 11.9 Å². The molecule has 4 aromatic rings. The second-order valence-electron chi connectivity index (χ2n) is 8.63. The van der Waals surface area contributed by atoms with Gasteiger partial charge in [-0.05, 0) is 38.6 Å². The molecule has 3 aromatic heterocycles. The van der Waals surface area contributed by atoms with Crippen molar-refractivity contribution >= 4 is 11.7 Å². The quantitative estimate of drug-likeness (QED) is 0.239. The van der Waals surface area contributed by atoms with Crippen molar-refractivity contribution in [2.24, 2.45) is 7.05 Å². The molecule has 2 N–H and O–H groups in total. The van der Waals surface area contributed by atoms with Gasteiger partial charge in [-0.15, -0.1) is 0 Å². The summed E-state index contributed by atoms with van der Waals surface area (Å²) in [4.78, 5) is 16.3. The van der Waals surface area contributed by atoms with Gasteiger partial charge in [-0.25, -0.2) is 4.98 Å². The van der Waals surface area contributed by atoms with Crippen LogP contribution in [-0.4, -0.2) is 44.0 Å². The number of anilines is 1. The molecule has 0 aliphatic rings. The first kappa shape index (κ1) is 37.5. The van der Waals surface area contributed by atoms with E-state index in [9.17, 15) is 4.79 Å². The fourth-order valence-corrected chi connectivity index (χ4v) is 2.95. The normalized spacial score (nSPS) is 9.40. The SMILES string of the molecule is C/C=C\C.CC.CCC.CNCCn1cc(C#N)cn1.Cn1cc(-c2ccc(NC(=O)Cc3ccccc3)nc2)cn1. The Morgan fingerprint density at radius 1 is 0.952 bits per heavy atom. The number of carbonyl (C=O) groups is 1. The van der Waals surface area contributed by atoms with Crippen molar-refractivity contribution in [1.82, 2.24) is 29.9 Å². The predicted octanol–water partition coefficient (Wildman–Crippen LogP) is 6.66. The molecule has 0 radical (unpaired) electrons. The number of rotatable bonds is 7. The van der Waals surface area contributed by atoms with E-state index in [1.165, 1.54) is 6.42 Å². The number of benzene rings is 1. The zero-order valence-electron chi connectivity index (χ0n) is 26.5. The lowest BCUT2D eigenvalue weighted by Gasteiger charge is -2.05. The van der Waals surface area contributed by atoms with E-state index >= 15 is 0 Å². The number of pyridine rings is 1. The Labute approximate surface area is 252 Å². The molecule has 9 nitrogen and oxygen atoms in total. The van der Waals surface area contributed by atoms with E-state index in [1.54, 1.807) is 40.2 Å². The Kier molecular flexibility index (Phi) is 21.6. The molecule has 1 amide bonds. The van der Waals surface area contributed by atoms with Gasteiger partial charge in [0.15, 0.2) is 0 Å². The summed E-state index contributed by atoms with van der Waals surface area (Å²) in [5.41, 5.74) is 3.56. The number of nitriles is 1. The Morgan fingerprint density at radius 3 is 2.10 bits per heavy atom. The maximum Gasteiger partial charge on any atom is 0.229 e. The van der Waals surface area contributed by atoms with Gasteiger partial charge < -0.3 is 10.6 Å². The second kappa shape index (κ2) is 24.3. The second-order valence-corrected chi connectivity index (χ2v) is 8.63. The van der Waals surface area contributed by atoms with Gasteiger partial charge >= 0.3 is 0 Å². The number of nitrogens with zero attached hydrogens (tertiary/aromatic N) is 6. The van der Waals surface area contributed by atoms with E-state index in [0.717, 1.165) is 29.8 Å². The van der Waals surface area contributed by atoms with E-state index in [2.05, 4.69) is 39.7 Å². The van der Waals surface area contributed by atoms with Gasteiger partial charge in [-0.3, -0.25) is 14.2 Å². The zero-order chi connectivity index (χ0) is 31.6. The van der Waals surface area contributed by atoms with Crippen LogP contribution in [0.3, 0.4) is 0 Å². The van der Waals surface area contributed by atoms with Gasteiger partial charge in [0, 0.05) is 43.3 Å². The van der Waals surface area contributed by atoms with Crippen molar-refractivity contribution in [3.8, 4) is 17.2 Å². The predicted molar refractivity (Wildman–Crippen MR) is 174 cm³/mol. The maximum atomic E-state index is 12.0. The molecule has 42 heavy (non-hydrogen) atoms. The average molecular weight is 573 g/mol. The number of carbonyl (C=O) groups excluding carboxylic acids is 1. The third-order valence-electron chi connectivity index (χ3n) is 4.96. The number of nitrogens with one attached hydrogen (secondary N) is 2. The van der Waals surface area contributed by atoms with Crippen LogP contribution < -0.4 is 10.6 Å². The molecule has 0 fully saturated rings. The smallest absolute Gasteiger partial charge is 0.229 e. The summed E-state index contributed by atoms with van der Waals surface area (Å²) < 4.78 is 3.49. The Balaban J connectivity index is 0.000000701. The lowest BCUT2D eigenvalue weighted by molar-refractivity contribution is -0.115. The van der Waals surface area contributed by atoms with Crippen LogP contribution >= 0.6 is 0 Å². The van der Waals surface area contributed by atoms with E-state index < -0.39 is 0 Å². The minimum atomic E-state index is -0.0761. The first-order valence-electron chi connectivity index (χ1n) is 14.3.